The zero-order valence-electron chi connectivity index (χ0n) is 15.3. The van der Waals surface area contributed by atoms with E-state index in [9.17, 15) is 0 Å². The summed E-state index contributed by atoms with van der Waals surface area (Å²) in [6.07, 6.45) is 10.8. The summed E-state index contributed by atoms with van der Waals surface area (Å²) < 4.78 is 5.78. The number of ether oxygens (including phenoxy) is 1. The highest BCUT2D eigenvalue weighted by Crippen LogP contribution is 2.30. The molecule has 0 saturated heterocycles. The fourth-order valence-corrected chi connectivity index (χ4v) is 3.36. The van der Waals surface area contributed by atoms with E-state index in [-0.39, 0.29) is 6.10 Å². The number of aromatic nitrogens is 5. The van der Waals surface area contributed by atoms with Crippen molar-refractivity contribution in [3.05, 3.63) is 36.4 Å². The Balaban J connectivity index is 1.43. The lowest BCUT2D eigenvalue weighted by molar-refractivity contribution is 0.108. The van der Waals surface area contributed by atoms with E-state index in [1.807, 2.05) is 32.6 Å². The van der Waals surface area contributed by atoms with Gasteiger partial charge in [0.1, 0.15) is 6.10 Å². The van der Waals surface area contributed by atoms with E-state index in [1.165, 1.54) is 17.8 Å². The highest BCUT2D eigenvalue weighted by atomic mass is 32.1. The first kappa shape index (κ1) is 17.7. The Hall–Kier alpha value is -2.65. The average Bonchev–Trinajstić information content (AvgIpc) is 3.08. The van der Waals surface area contributed by atoms with E-state index in [4.69, 9.17) is 4.74 Å². The zero-order chi connectivity index (χ0) is 18.6. The SMILES string of the molecule is CN(C)Cc1cnc(Nc2ncc(-c3ccnc(OC4CCC4)n3)s2)nc1. The van der Waals surface area contributed by atoms with E-state index >= 15 is 0 Å². The second-order valence-corrected chi connectivity index (χ2v) is 7.73. The van der Waals surface area contributed by atoms with Gasteiger partial charge in [0, 0.05) is 36.9 Å². The third kappa shape index (κ3) is 4.55. The molecule has 140 valence electrons. The number of rotatable bonds is 7. The van der Waals surface area contributed by atoms with Crippen LogP contribution >= 0.6 is 11.3 Å². The first-order valence-corrected chi connectivity index (χ1v) is 9.66. The van der Waals surface area contributed by atoms with Gasteiger partial charge in [0.25, 0.3) is 0 Å². The predicted molar refractivity (Wildman–Crippen MR) is 104 cm³/mol. The lowest BCUT2D eigenvalue weighted by atomic mass is 9.96. The molecule has 27 heavy (non-hydrogen) atoms. The fraction of sp³-hybridized carbons (Fsp3) is 0.389. The van der Waals surface area contributed by atoms with Gasteiger partial charge in [-0.05, 0) is 39.4 Å². The highest BCUT2D eigenvalue weighted by molar-refractivity contribution is 7.18. The van der Waals surface area contributed by atoms with Crippen molar-refractivity contribution in [1.82, 2.24) is 29.8 Å². The summed E-state index contributed by atoms with van der Waals surface area (Å²) in [5.41, 5.74) is 1.86. The first-order chi connectivity index (χ1) is 13.2. The van der Waals surface area contributed by atoms with Crippen LogP contribution in [0.2, 0.25) is 0 Å². The minimum Gasteiger partial charge on any atom is -0.460 e. The molecule has 4 rings (SSSR count). The molecule has 0 atom stereocenters. The number of anilines is 2. The van der Waals surface area contributed by atoms with Gasteiger partial charge in [0.05, 0.1) is 10.6 Å². The molecule has 9 heteroatoms. The van der Waals surface area contributed by atoms with Crippen molar-refractivity contribution in [2.45, 2.75) is 31.9 Å². The Morgan fingerprint density at radius 1 is 1.15 bits per heavy atom. The molecule has 1 fully saturated rings. The normalized spacial score (nSPS) is 14.2. The second-order valence-electron chi connectivity index (χ2n) is 6.70. The standard InChI is InChI=1S/C18H21N7OS/c1-25(2)11-12-8-20-16(21-9-12)24-18-22-10-15(27-18)14-6-7-19-17(23-14)26-13-4-3-5-13/h6-10,13H,3-5,11H2,1-2H3,(H,20,21,22,24). The summed E-state index contributed by atoms with van der Waals surface area (Å²) in [6.45, 7) is 0.806. The molecule has 0 spiro atoms. The minimum atomic E-state index is 0.256. The topological polar surface area (TPSA) is 89.0 Å². The first-order valence-electron chi connectivity index (χ1n) is 8.84. The van der Waals surface area contributed by atoms with E-state index in [0.29, 0.717) is 17.1 Å². The van der Waals surface area contributed by atoms with Crippen LogP contribution in [0.5, 0.6) is 6.01 Å². The van der Waals surface area contributed by atoms with E-state index in [2.05, 4.69) is 35.1 Å². The molecule has 0 bridgehead atoms. The summed E-state index contributed by atoms with van der Waals surface area (Å²) in [5.74, 6) is 0.523. The molecule has 1 aliphatic carbocycles. The molecule has 3 heterocycles. The molecule has 3 aromatic rings. The van der Waals surface area contributed by atoms with Crippen LogP contribution in [0, 0.1) is 0 Å². The third-order valence-corrected chi connectivity index (χ3v) is 5.07. The van der Waals surface area contributed by atoms with Crippen molar-refractivity contribution >= 4 is 22.4 Å². The Bertz CT molecular complexity index is 893. The third-order valence-electron chi connectivity index (χ3n) is 4.14. The molecular formula is C18H21N7OS. The van der Waals surface area contributed by atoms with Gasteiger partial charge in [-0.3, -0.25) is 0 Å². The van der Waals surface area contributed by atoms with E-state index < -0.39 is 0 Å². The highest BCUT2D eigenvalue weighted by Gasteiger charge is 2.20. The van der Waals surface area contributed by atoms with Crippen LogP contribution in [0.4, 0.5) is 11.1 Å². The summed E-state index contributed by atoms with van der Waals surface area (Å²) in [6, 6.07) is 2.29. The smallest absolute Gasteiger partial charge is 0.317 e. The molecule has 0 aliphatic heterocycles. The quantitative estimate of drug-likeness (QED) is 0.666. The fourth-order valence-electron chi connectivity index (χ4n) is 2.58. The van der Waals surface area contributed by atoms with Gasteiger partial charge in [-0.15, -0.1) is 0 Å². The summed E-state index contributed by atoms with van der Waals surface area (Å²) >= 11 is 1.49. The number of thiazole rings is 1. The van der Waals surface area contributed by atoms with Gasteiger partial charge in [0.15, 0.2) is 5.13 Å². The van der Waals surface area contributed by atoms with Gasteiger partial charge in [-0.25, -0.2) is 19.9 Å². The Morgan fingerprint density at radius 2 is 1.96 bits per heavy atom. The van der Waals surface area contributed by atoms with Crippen LogP contribution in [0.25, 0.3) is 10.6 Å². The van der Waals surface area contributed by atoms with Gasteiger partial charge in [-0.2, -0.15) is 4.98 Å². The largest absolute Gasteiger partial charge is 0.460 e. The molecule has 3 aromatic heterocycles. The number of nitrogens with one attached hydrogen (secondary N) is 1. The van der Waals surface area contributed by atoms with Gasteiger partial charge in [0.2, 0.25) is 5.95 Å². The lowest BCUT2D eigenvalue weighted by Crippen LogP contribution is -2.25. The van der Waals surface area contributed by atoms with Crippen molar-refractivity contribution in [3.63, 3.8) is 0 Å². The predicted octanol–water partition coefficient (Wildman–Crippen LogP) is 3.13. The molecule has 0 amide bonds. The maximum Gasteiger partial charge on any atom is 0.317 e. The summed E-state index contributed by atoms with van der Waals surface area (Å²) in [4.78, 5) is 24.8. The van der Waals surface area contributed by atoms with Crippen LogP contribution < -0.4 is 10.1 Å². The van der Waals surface area contributed by atoms with E-state index in [1.54, 1.807) is 12.4 Å². The maximum absolute atomic E-state index is 5.78. The summed E-state index contributed by atoms with van der Waals surface area (Å²) in [7, 11) is 4.03. The zero-order valence-corrected chi connectivity index (χ0v) is 16.1. The molecule has 1 N–H and O–H groups in total. The Kier molecular flexibility index (Phi) is 5.21. The Morgan fingerprint density at radius 3 is 2.67 bits per heavy atom. The Labute approximate surface area is 161 Å². The molecule has 1 saturated carbocycles. The maximum atomic E-state index is 5.78. The van der Waals surface area contributed by atoms with E-state index in [0.717, 1.165) is 35.5 Å². The number of hydrogen-bond acceptors (Lipinski definition) is 9. The van der Waals surface area contributed by atoms with Crippen molar-refractivity contribution in [2.75, 3.05) is 19.4 Å². The molecule has 0 radical (unpaired) electrons. The van der Waals surface area contributed by atoms with Crippen molar-refractivity contribution in [3.8, 4) is 16.6 Å². The number of hydrogen-bond donors (Lipinski definition) is 1. The average molecular weight is 383 g/mol. The van der Waals surface area contributed by atoms with Gasteiger partial charge >= 0.3 is 6.01 Å². The van der Waals surface area contributed by atoms with Gasteiger partial charge < -0.3 is 15.0 Å². The second kappa shape index (κ2) is 7.93. The molecular weight excluding hydrogens is 362 g/mol. The van der Waals surface area contributed by atoms with Crippen LogP contribution in [0.3, 0.4) is 0 Å². The van der Waals surface area contributed by atoms with Crippen LogP contribution in [-0.4, -0.2) is 50.0 Å². The molecule has 8 nitrogen and oxygen atoms in total. The van der Waals surface area contributed by atoms with Crippen molar-refractivity contribution in [2.24, 2.45) is 0 Å². The molecule has 1 aliphatic rings. The monoisotopic (exact) mass is 383 g/mol. The molecule has 0 aromatic carbocycles. The minimum absolute atomic E-state index is 0.256. The number of nitrogens with zero attached hydrogens (tertiary/aromatic N) is 6. The van der Waals surface area contributed by atoms with Crippen LogP contribution in [0.1, 0.15) is 24.8 Å². The molecule has 0 unspecified atom stereocenters. The summed E-state index contributed by atoms with van der Waals surface area (Å²) in [5, 5.41) is 3.85. The lowest BCUT2D eigenvalue weighted by Gasteiger charge is -2.24. The van der Waals surface area contributed by atoms with Gasteiger partial charge in [-0.1, -0.05) is 11.3 Å². The van der Waals surface area contributed by atoms with Crippen molar-refractivity contribution < 1.29 is 4.74 Å². The van der Waals surface area contributed by atoms with Crippen molar-refractivity contribution in [1.29, 1.82) is 0 Å². The van der Waals surface area contributed by atoms with Crippen LogP contribution in [0.15, 0.2) is 30.9 Å². The van der Waals surface area contributed by atoms with Crippen LogP contribution in [-0.2, 0) is 6.54 Å².